The molecule has 0 aliphatic rings. The van der Waals surface area contributed by atoms with Crippen LogP contribution in [0.2, 0.25) is 0 Å². The molecule has 4 nitrogen and oxygen atoms in total. The van der Waals surface area contributed by atoms with Gasteiger partial charge in [-0.3, -0.25) is 9.20 Å². The molecule has 0 bridgehead atoms. The van der Waals surface area contributed by atoms with Crippen LogP contribution >= 0.6 is 15.9 Å². The van der Waals surface area contributed by atoms with E-state index in [9.17, 15) is 9.90 Å². The SMILES string of the molecule is Cc1c(O)nc2ccc(Br)cn2c1=O. The van der Waals surface area contributed by atoms with Crippen LogP contribution in [0.4, 0.5) is 0 Å². The van der Waals surface area contributed by atoms with Gasteiger partial charge in [0.1, 0.15) is 5.65 Å². The normalized spacial score (nSPS) is 10.7. The van der Waals surface area contributed by atoms with Crippen molar-refractivity contribution in [2.45, 2.75) is 6.92 Å². The van der Waals surface area contributed by atoms with E-state index in [0.717, 1.165) is 4.47 Å². The quantitative estimate of drug-likeness (QED) is 0.775. The van der Waals surface area contributed by atoms with Gasteiger partial charge in [-0.25, -0.2) is 0 Å². The largest absolute Gasteiger partial charge is 0.493 e. The standard InChI is InChI=1S/C9H7BrN2O2/c1-5-8(13)11-7-3-2-6(10)4-12(7)9(5)14/h2-4,13H,1H3. The Balaban J connectivity index is 2.99. The molecule has 0 saturated heterocycles. The molecule has 1 N–H and O–H groups in total. The highest BCUT2D eigenvalue weighted by Crippen LogP contribution is 2.13. The minimum absolute atomic E-state index is 0.211. The summed E-state index contributed by atoms with van der Waals surface area (Å²) in [5.41, 5.74) is 0.427. The Hall–Kier alpha value is -1.36. The van der Waals surface area contributed by atoms with E-state index in [2.05, 4.69) is 20.9 Å². The molecule has 72 valence electrons. The molecule has 5 heteroatoms. The Bertz CT molecular complexity index is 562. The fourth-order valence-electron chi connectivity index (χ4n) is 1.19. The first-order valence-electron chi connectivity index (χ1n) is 3.97. The summed E-state index contributed by atoms with van der Waals surface area (Å²) in [6.07, 6.45) is 1.62. The van der Waals surface area contributed by atoms with Gasteiger partial charge in [0.25, 0.3) is 5.56 Å². The van der Waals surface area contributed by atoms with E-state index in [1.165, 1.54) is 11.3 Å². The Morgan fingerprint density at radius 2 is 2.21 bits per heavy atom. The molecule has 0 amide bonds. The second kappa shape index (κ2) is 3.09. The van der Waals surface area contributed by atoms with Gasteiger partial charge in [0, 0.05) is 10.7 Å². The Morgan fingerprint density at radius 1 is 1.50 bits per heavy atom. The van der Waals surface area contributed by atoms with Crippen LogP contribution in [0.25, 0.3) is 5.65 Å². The molecule has 2 rings (SSSR count). The number of nitrogens with zero attached hydrogens (tertiary/aromatic N) is 2. The lowest BCUT2D eigenvalue weighted by Gasteiger charge is -2.03. The van der Waals surface area contributed by atoms with Gasteiger partial charge in [-0.1, -0.05) is 0 Å². The highest BCUT2D eigenvalue weighted by Gasteiger charge is 2.06. The highest BCUT2D eigenvalue weighted by atomic mass is 79.9. The van der Waals surface area contributed by atoms with Crippen LogP contribution in [0.5, 0.6) is 5.88 Å². The molecule has 0 aliphatic heterocycles. The predicted molar refractivity (Wildman–Crippen MR) is 55.6 cm³/mol. The maximum absolute atomic E-state index is 11.6. The highest BCUT2D eigenvalue weighted by molar-refractivity contribution is 9.10. The molecular weight excluding hydrogens is 248 g/mol. The second-order valence-corrected chi connectivity index (χ2v) is 3.86. The molecule has 2 aromatic heterocycles. The van der Waals surface area contributed by atoms with E-state index >= 15 is 0 Å². The van der Waals surface area contributed by atoms with Crippen LogP contribution in [-0.4, -0.2) is 14.5 Å². The summed E-state index contributed by atoms with van der Waals surface area (Å²) in [6, 6.07) is 3.42. The lowest BCUT2D eigenvalue weighted by Crippen LogP contribution is -2.17. The van der Waals surface area contributed by atoms with E-state index in [4.69, 9.17) is 0 Å². The maximum Gasteiger partial charge on any atom is 0.264 e. The Kier molecular flexibility index (Phi) is 2.03. The molecule has 14 heavy (non-hydrogen) atoms. The molecular formula is C9H7BrN2O2. The molecule has 2 heterocycles. The number of rotatable bonds is 0. The fourth-order valence-corrected chi connectivity index (χ4v) is 1.53. The Labute approximate surface area is 88.0 Å². The zero-order valence-electron chi connectivity index (χ0n) is 7.36. The third kappa shape index (κ3) is 1.29. The number of pyridine rings is 1. The number of hydrogen-bond acceptors (Lipinski definition) is 3. The minimum atomic E-state index is -0.256. The van der Waals surface area contributed by atoms with Crippen molar-refractivity contribution in [2.75, 3.05) is 0 Å². The minimum Gasteiger partial charge on any atom is -0.493 e. The second-order valence-electron chi connectivity index (χ2n) is 2.94. The van der Waals surface area contributed by atoms with Crippen molar-refractivity contribution in [3.63, 3.8) is 0 Å². The van der Waals surface area contributed by atoms with Gasteiger partial charge in [-0.15, -0.1) is 0 Å². The number of aromatic hydroxyl groups is 1. The molecule has 0 radical (unpaired) electrons. The topological polar surface area (TPSA) is 54.6 Å². The van der Waals surface area contributed by atoms with Crippen LogP contribution in [0.3, 0.4) is 0 Å². The first-order chi connectivity index (χ1) is 6.59. The van der Waals surface area contributed by atoms with Gasteiger partial charge in [-0.2, -0.15) is 4.98 Å². The summed E-state index contributed by atoms with van der Waals surface area (Å²) in [6.45, 7) is 1.54. The van der Waals surface area contributed by atoms with Crippen molar-refractivity contribution in [1.29, 1.82) is 0 Å². The lowest BCUT2D eigenvalue weighted by atomic mass is 10.3. The van der Waals surface area contributed by atoms with Crippen molar-refractivity contribution in [2.24, 2.45) is 0 Å². The zero-order chi connectivity index (χ0) is 10.3. The number of hydrogen-bond donors (Lipinski definition) is 1. The predicted octanol–water partition coefficient (Wildman–Crippen LogP) is 1.47. The number of aromatic nitrogens is 2. The third-order valence-corrected chi connectivity index (χ3v) is 2.46. The monoisotopic (exact) mass is 254 g/mol. The first-order valence-corrected chi connectivity index (χ1v) is 4.76. The van der Waals surface area contributed by atoms with Gasteiger partial charge in [-0.05, 0) is 35.0 Å². The van der Waals surface area contributed by atoms with E-state index in [-0.39, 0.29) is 17.0 Å². The fraction of sp³-hybridized carbons (Fsp3) is 0.111. The van der Waals surface area contributed by atoms with Gasteiger partial charge in [0.15, 0.2) is 0 Å². The van der Waals surface area contributed by atoms with Crippen molar-refractivity contribution < 1.29 is 5.11 Å². The van der Waals surface area contributed by atoms with E-state index < -0.39 is 0 Å². The van der Waals surface area contributed by atoms with Crippen molar-refractivity contribution in [3.8, 4) is 5.88 Å². The van der Waals surface area contributed by atoms with E-state index in [1.54, 1.807) is 18.3 Å². The van der Waals surface area contributed by atoms with Gasteiger partial charge < -0.3 is 5.11 Å². The molecule has 0 fully saturated rings. The summed E-state index contributed by atoms with van der Waals surface area (Å²) in [7, 11) is 0. The summed E-state index contributed by atoms with van der Waals surface area (Å²) in [5.74, 6) is -0.211. The zero-order valence-corrected chi connectivity index (χ0v) is 8.95. The van der Waals surface area contributed by atoms with Crippen LogP contribution in [0.15, 0.2) is 27.6 Å². The van der Waals surface area contributed by atoms with Crippen molar-refractivity contribution in [1.82, 2.24) is 9.38 Å². The summed E-state index contributed by atoms with van der Waals surface area (Å²) in [5, 5.41) is 9.33. The van der Waals surface area contributed by atoms with Gasteiger partial charge in [0.05, 0.1) is 5.56 Å². The average molecular weight is 255 g/mol. The number of fused-ring (bicyclic) bond motifs is 1. The van der Waals surface area contributed by atoms with Crippen LogP contribution in [0, 0.1) is 6.92 Å². The van der Waals surface area contributed by atoms with E-state index in [0.29, 0.717) is 5.65 Å². The van der Waals surface area contributed by atoms with E-state index in [1.807, 2.05) is 0 Å². The molecule has 0 unspecified atom stereocenters. The Morgan fingerprint density at radius 3 is 2.93 bits per heavy atom. The molecule has 0 spiro atoms. The third-order valence-electron chi connectivity index (χ3n) is 1.99. The van der Waals surface area contributed by atoms with Crippen LogP contribution in [0.1, 0.15) is 5.56 Å². The smallest absolute Gasteiger partial charge is 0.264 e. The van der Waals surface area contributed by atoms with Crippen LogP contribution in [-0.2, 0) is 0 Å². The maximum atomic E-state index is 11.6. The molecule has 0 aliphatic carbocycles. The molecule has 0 atom stereocenters. The first kappa shape index (κ1) is 9.21. The molecule has 2 aromatic rings. The van der Waals surface area contributed by atoms with Crippen molar-refractivity contribution >= 4 is 21.6 Å². The number of halogens is 1. The summed E-state index contributed by atoms with van der Waals surface area (Å²) < 4.78 is 2.18. The average Bonchev–Trinajstić information content (AvgIpc) is 2.16. The molecule has 0 saturated carbocycles. The van der Waals surface area contributed by atoms with Gasteiger partial charge >= 0.3 is 0 Å². The molecule has 0 aromatic carbocycles. The van der Waals surface area contributed by atoms with Gasteiger partial charge in [0.2, 0.25) is 5.88 Å². The summed E-state index contributed by atoms with van der Waals surface area (Å²) >= 11 is 3.26. The van der Waals surface area contributed by atoms with Crippen molar-refractivity contribution in [3.05, 3.63) is 38.7 Å². The summed E-state index contributed by atoms with van der Waals surface area (Å²) in [4.78, 5) is 15.5. The van der Waals surface area contributed by atoms with Crippen LogP contribution < -0.4 is 5.56 Å². The lowest BCUT2D eigenvalue weighted by molar-refractivity contribution is 0.448.